The highest BCUT2D eigenvalue weighted by molar-refractivity contribution is 7.92. The van der Waals surface area contributed by atoms with Crippen LogP contribution in [0.4, 0.5) is 0 Å². The van der Waals surface area contributed by atoms with E-state index in [0.29, 0.717) is 0 Å². The molecule has 0 radical (unpaired) electrons. The first-order valence-electron chi connectivity index (χ1n) is 4.23. The topological polar surface area (TPSA) is 68.3 Å². The molecule has 0 aliphatic rings. The van der Waals surface area contributed by atoms with Gasteiger partial charge in [-0.15, -0.1) is 0 Å². The highest BCUT2D eigenvalue weighted by atomic mass is 32.2. The van der Waals surface area contributed by atoms with Crippen molar-refractivity contribution in [2.24, 2.45) is 0 Å². The molecule has 5 heteroatoms. The Morgan fingerprint density at radius 2 is 1.80 bits per heavy atom. The Morgan fingerprint density at radius 3 is 2.27 bits per heavy atom. The minimum absolute atomic E-state index is 0.0196. The van der Waals surface area contributed by atoms with Crippen molar-refractivity contribution < 1.29 is 18.0 Å². The van der Waals surface area contributed by atoms with Crippen LogP contribution in [0.15, 0.2) is 29.2 Å². The zero-order chi connectivity index (χ0) is 11.5. The van der Waals surface area contributed by atoms with Gasteiger partial charge in [0.25, 0.3) is 0 Å². The molecule has 0 fully saturated rings. The standard InChI is InChI=1S/C10H10O4S/c1-8-2-4-10(5-3-8)15(13,14)7-9(12)6-11/h2-6H,7H2,1H3. The van der Waals surface area contributed by atoms with Gasteiger partial charge in [-0.3, -0.25) is 9.59 Å². The van der Waals surface area contributed by atoms with E-state index in [-0.39, 0.29) is 11.2 Å². The van der Waals surface area contributed by atoms with Gasteiger partial charge in [-0.1, -0.05) is 17.7 Å². The molecule has 4 nitrogen and oxygen atoms in total. The SMILES string of the molecule is Cc1ccc(S(=O)(=O)CC(=O)C=O)cc1. The van der Waals surface area contributed by atoms with Gasteiger partial charge in [0.15, 0.2) is 16.1 Å². The molecule has 1 aromatic rings. The first-order valence-corrected chi connectivity index (χ1v) is 5.88. The normalized spacial score (nSPS) is 11.0. The van der Waals surface area contributed by atoms with Crippen LogP contribution in [-0.4, -0.2) is 26.2 Å². The van der Waals surface area contributed by atoms with Crippen LogP contribution in [0.5, 0.6) is 0 Å². The number of carbonyl (C=O) groups is 2. The van der Waals surface area contributed by atoms with Gasteiger partial charge in [0, 0.05) is 0 Å². The van der Waals surface area contributed by atoms with Crippen LogP contribution in [0.1, 0.15) is 5.56 Å². The Kier molecular flexibility index (Phi) is 3.36. The summed E-state index contributed by atoms with van der Waals surface area (Å²) in [6.45, 7) is 1.83. The lowest BCUT2D eigenvalue weighted by atomic mass is 10.2. The average Bonchev–Trinajstić information content (AvgIpc) is 2.17. The first-order chi connectivity index (χ1) is 6.95. The summed E-state index contributed by atoms with van der Waals surface area (Å²) in [5.74, 6) is -1.70. The Hall–Kier alpha value is -1.49. The minimum atomic E-state index is -3.67. The number of aldehydes is 1. The quantitative estimate of drug-likeness (QED) is 0.555. The zero-order valence-electron chi connectivity index (χ0n) is 8.14. The van der Waals surface area contributed by atoms with E-state index < -0.39 is 21.4 Å². The van der Waals surface area contributed by atoms with E-state index in [1.165, 1.54) is 12.1 Å². The predicted molar refractivity (Wildman–Crippen MR) is 54.3 cm³/mol. The Bertz CT molecular complexity index is 471. The molecule has 0 bridgehead atoms. The van der Waals surface area contributed by atoms with Gasteiger partial charge in [0.2, 0.25) is 5.78 Å². The summed E-state index contributed by atoms with van der Waals surface area (Å²) in [6, 6.07) is 6.11. The molecule has 15 heavy (non-hydrogen) atoms. The zero-order valence-corrected chi connectivity index (χ0v) is 8.95. The number of hydrogen-bond donors (Lipinski definition) is 0. The van der Waals surface area contributed by atoms with Gasteiger partial charge in [-0.25, -0.2) is 8.42 Å². The van der Waals surface area contributed by atoms with Crippen LogP contribution in [-0.2, 0) is 19.4 Å². The number of Topliss-reactive ketones (excluding diaryl/α,β-unsaturated/α-hetero) is 1. The number of aryl methyl sites for hydroxylation is 1. The van der Waals surface area contributed by atoms with Crippen molar-refractivity contribution in [1.82, 2.24) is 0 Å². The Morgan fingerprint density at radius 1 is 1.27 bits per heavy atom. The maximum absolute atomic E-state index is 11.5. The molecule has 0 spiro atoms. The lowest BCUT2D eigenvalue weighted by molar-refractivity contribution is -0.128. The summed E-state index contributed by atoms with van der Waals surface area (Å²) in [7, 11) is -3.67. The highest BCUT2D eigenvalue weighted by Crippen LogP contribution is 2.11. The van der Waals surface area contributed by atoms with Crippen molar-refractivity contribution in [3.63, 3.8) is 0 Å². The number of sulfone groups is 1. The van der Waals surface area contributed by atoms with E-state index in [1.54, 1.807) is 12.1 Å². The van der Waals surface area contributed by atoms with Crippen LogP contribution >= 0.6 is 0 Å². The van der Waals surface area contributed by atoms with E-state index in [1.807, 2.05) is 6.92 Å². The number of rotatable bonds is 4. The van der Waals surface area contributed by atoms with Crippen LogP contribution in [0, 0.1) is 6.92 Å². The molecule has 0 saturated heterocycles. The molecule has 0 unspecified atom stereocenters. The molecule has 0 atom stereocenters. The predicted octanol–water partition coefficient (Wildman–Crippen LogP) is 0.537. The van der Waals surface area contributed by atoms with Crippen LogP contribution in [0.3, 0.4) is 0 Å². The smallest absolute Gasteiger partial charge is 0.210 e. The van der Waals surface area contributed by atoms with Crippen molar-refractivity contribution >= 4 is 21.9 Å². The molecule has 1 rings (SSSR count). The van der Waals surface area contributed by atoms with Crippen molar-refractivity contribution in [2.75, 3.05) is 5.75 Å². The number of ketones is 1. The summed E-state index contributed by atoms with van der Waals surface area (Å²) < 4.78 is 23.1. The second-order valence-corrected chi connectivity index (χ2v) is 5.15. The molecule has 0 aromatic heterocycles. The lowest BCUT2D eigenvalue weighted by Gasteiger charge is -2.01. The van der Waals surface area contributed by atoms with Crippen LogP contribution < -0.4 is 0 Å². The summed E-state index contributed by atoms with van der Waals surface area (Å²) in [5, 5.41) is 0. The highest BCUT2D eigenvalue weighted by Gasteiger charge is 2.18. The average molecular weight is 226 g/mol. The summed E-state index contributed by atoms with van der Waals surface area (Å²) >= 11 is 0. The molecule has 0 aliphatic heterocycles. The molecule has 0 aliphatic carbocycles. The Labute approximate surface area is 87.8 Å². The molecule has 80 valence electrons. The van der Waals surface area contributed by atoms with E-state index in [9.17, 15) is 18.0 Å². The molecular formula is C10H10O4S. The Balaban J connectivity index is 3.01. The molecule has 0 heterocycles. The number of carbonyl (C=O) groups excluding carboxylic acids is 2. The van der Waals surface area contributed by atoms with E-state index >= 15 is 0 Å². The van der Waals surface area contributed by atoms with Crippen molar-refractivity contribution in [3.05, 3.63) is 29.8 Å². The fourth-order valence-electron chi connectivity index (χ4n) is 1.05. The summed E-state index contributed by atoms with van der Waals surface area (Å²) in [6.07, 6.45) is 0.0196. The second-order valence-electron chi connectivity index (χ2n) is 3.16. The first kappa shape index (κ1) is 11.6. The monoisotopic (exact) mass is 226 g/mol. The van der Waals surface area contributed by atoms with Crippen LogP contribution in [0.25, 0.3) is 0 Å². The van der Waals surface area contributed by atoms with Gasteiger partial charge in [-0.05, 0) is 19.1 Å². The molecular weight excluding hydrogens is 216 g/mol. The minimum Gasteiger partial charge on any atom is -0.295 e. The van der Waals surface area contributed by atoms with E-state index in [2.05, 4.69) is 0 Å². The molecule has 1 aromatic carbocycles. The number of benzene rings is 1. The van der Waals surface area contributed by atoms with Crippen molar-refractivity contribution in [2.45, 2.75) is 11.8 Å². The van der Waals surface area contributed by atoms with Crippen molar-refractivity contribution in [1.29, 1.82) is 0 Å². The maximum atomic E-state index is 11.5. The van der Waals surface area contributed by atoms with Gasteiger partial charge in [0.1, 0.15) is 5.75 Å². The third-order valence-electron chi connectivity index (χ3n) is 1.84. The lowest BCUT2D eigenvalue weighted by Crippen LogP contribution is -2.16. The fraction of sp³-hybridized carbons (Fsp3) is 0.200. The van der Waals surface area contributed by atoms with Gasteiger partial charge < -0.3 is 0 Å². The third-order valence-corrected chi connectivity index (χ3v) is 3.50. The molecule has 0 N–H and O–H groups in total. The number of hydrogen-bond acceptors (Lipinski definition) is 4. The van der Waals surface area contributed by atoms with E-state index in [4.69, 9.17) is 0 Å². The van der Waals surface area contributed by atoms with Gasteiger partial charge in [-0.2, -0.15) is 0 Å². The largest absolute Gasteiger partial charge is 0.295 e. The second kappa shape index (κ2) is 4.35. The summed E-state index contributed by atoms with van der Waals surface area (Å²) in [5.41, 5.74) is 0.927. The third kappa shape index (κ3) is 2.99. The van der Waals surface area contributed by atoms with Crippen LogP contribution in [0.2, 0.25) is 0 Å². The van der Waals surface area contributed by atoms with Crippen molar-refractivity contribution in [3.8, 4) is 0 Å². The van der Waals surface area contributed by atoms with Gasteiger partial charge >= 0.3 is 0 Å². The summed E-state index contributed by atoms with van der Waals surface area (Å²) in [4.78, 5) is 20.8. The van der Waals surface area contributed by atoms with E-state index in [0.717, 1.165) is 5.56 Å². The molecule has 0 saturated carbocycles. The molecule has 0 amide bonds. The maximum Gasteiger partial charge on any atom is 0.210 e. The van der Waals surface area contributed by atoms with Gasteiger partial charge in [0.05, 0.1) is 4.90 Å². The fourth-order valence-corrected chi connectivity index (χ4v) is 2.21.